The Bertz CT molecular complexity index is 884. The number of carbonyl (C=O) groups excluding carboxylic acids is 1. The summed E-state index contributed by atoms with van der Waals surface area (Å²) in [6.07, 6.45) is 4.04. The summed E-state index contributed by atoms with van der Waals surface area (Å²) in [5.74, 6) is 1.29. The Kier molecular flexibility index (Phi) is 6.60. The number of pyridine rings is 1. The highest BCUT2D eigenvalue weighted by molar-refractivity contribution is 7.80. The third kappa shape index (κ3) is 4.67. The smallest absolute Gasteiger partial charge is 0.276 e. The molecule has 1 amide bonds. The fourth-order valence-corrected chi connectivity index (χ4v) is 3.16. The molecule has 2 aromatic rings. The molecule has 0 radical (unpaired) electrons. The molecule has 0 bridgehead atoms. The van der Waals surface area contributed by atoms with Crippen LogP contribution in [-0.2, 0) is 11.2 Å². The molecule has 0 unspecified atom stereocenters. The first kappa shape index (κ1) is 19.8. The number of thiocarbonyl (C=S) groups is 1. The third-order valence-electron chi connectivity index (χ3n) is 4.17. The molecule has 1 fully saturated rings. The van der Waals surface area contributed by atoms with Crippen LogP contribution in [0.25, 0.3) is 6.08 Å². The average Bonchev–Trinajstić information content (AvgIpc) is 2.96. The summed E-state index contributed by atoms with van der Waals surface area (Å²) in [6.45, 7) is 5.48. The van der Waals surface area contributed by atoms with Crippen LogP contribution in [0.1, 0.15) is 25.1 Å². The van der Waals surface area contributed by atoms with Crippen molar-refractivity contribution in [2.45, 2.75) is 20.3 Å². The van der Waals surface area contributed by atoms with E-state index in [0.29, 0.717) is 48.4 Å². The minimum Gasteiger partial charge on any atom is -0.490 e. The van der Waals surface area contributed by atoms with Crippen molar-refractivity contribution in [3.05, 3.63) is 59.5 Å². The van der Waals surface area contributed by atoms with Crippen molar-refractivity contribution < 1.29 is 14.3 Å². The first-order chi connectivity index (χ1) is 13.6. The molecule has 146 valence electrons. The Morgan fingerprint density at radius 1 is 1.14 bits per heavy atom. The van der Waals surface area contributed by atoms with Gasteiger partial charge in [-0.2, -0.15) is 0 Å². The van der Waals surface area contributed by atoms with E-state index in [9.17, 15) is 4.79 Å². The number of carbonyl (C=O) groups is 1. The molecule has 2 heterocycles. The van der Waals surface area contributed by atoms with Gasteiger partial charge in [-0.3, -0.25) is 14.7 Å². The molecule has 7 heteroatoms. The number of benzene rings is 1. The van der Waals surface area contributed by atoms with Gasteiger partial charge in [0.25, 0.3) is 5.91 Å². The summed E-state index contributed by atoms with van der Waals surface area (Å²) in [6, 6.07) is 11.4. The zero-order valence-electron chi connectivity index (χ0n) is 16.0. The topological polar surface area (TPSA) is 63.7 Å². The van der Waals surface area contributed by atoms with E-state index in [4.69, 9.17) is 21.7 Å². The lowest BCUT2D eigenvalue weighted by molar-refractivity contribution is -0.122. The summed E-state index contributed by atoms with van der Waals surface area (Å²) in [7, 11) is 0. The summed E-state index contributed by atoms with van der Waals surface area (Å²) in [4.78, 5) is 18.5. The fraction of sp³-hybridized carbons (Fsp3) is 0.286. The van der Waals surface area contributed by atoms with E-state index in [1.165, 1.54) is 0 Å². The van der Waals surface area contributed by atoms with Crippen molar-refractivity contribution in [1.82, 2.24) is 15.2 Å². The standard InChI is InChI=1S/C21H23N3O3S/c1-3-26-18-9-8-15(13-19(18)27-4-2)10-12-24-20(25)17(23-21(24)28)14-16-7-5-6-11-22-16/h5-9,11,13-14H,3-4,10,12H2,1-2H3,(H,23,28)/b17-14+. The Hall–Kier alpha value is -2.93. The van der Waals surface area contributed by atoms with Crippen molar-refractivity contribution in [1.29, 1.82) is 0 Å². The van der Waals surface area contributed by atoms with E-state index in [1.54, 1.807) is 17.2 Å². The van der Waals surface area contributed by atoms with E-state index in [0.717, 1.165) is 11.3 Å². The molecular weight excluding hydrogens is 374 g/mol. The van der Waals surface area contributed by atoms with Gasteiger partial charge in [-0.25, -0.2) is 0 Å². The van der Waals surface area contributed by atoms with Crippen LogP contribution in [0.15, 0.2) is 48.3 Å². The van der Waals surface area contributed by atoms with Crippen LogP contribution in [0.2, 0.25) is 0 Å². The van der Waals surface area contributed by atoms with Crippen molar-refractivity contribution in [3.63, 3.8) is 0 Å². The van der Waals surface area contributed by atoms with Gasteiger partial charge in [0.15, 0.2) is 16.6 Å². The zero-order valence-corrected chi connectivity index (χ0v) is 16.8. The van der Waals surface area contributed by atoms with Gasteiger partial charge in [0.2, 0.25) is 0 Å². The summed E-state index contributed by atoms with van der Waals surface area (Å²) < 4.78 is 11.3. The predicted molar refractivity (Wildman–Crippen MR) is 112 cm³/mol. The largest absolute Gasteiger partial charge is 0.490 e. The van der Waals surface area contributed by atoms with Crippen molar-refractivity contribution in [3.8, 4) is 11.5 Å². The van der Waals surface area contributed by atoms with E-state index in [1.807, 2.05) is 50.2 Å². The second-order valence-electron chi connectivity index (χ2n) is 6.10. The maximum Gasteiger partial charge on any atom is 0.276 e. The monoisotopic (exact) mass is 397 g/mol. The number of amides is 1. The fourth-order valence-electron chi connectivity index (χ4n) is 2.88. The molecule has 0 saturated carbocycles. The molecule has 1 aliphatic rings. The molecule has 28 heavy (non-hydrogen) atoms. The van der Waals surface area contributed by atoms with Gasteiger partial charge in [0.1, 0.15) is 5.70 Å². The number of hydrogen-bond acceptors (Lipinski definition) is 5. The van der Waals surface area contributed by atoms with Crippen molar-refractivity contribution in [2.75, 3.05) is 19.8 Å². The highest BCUT2D eigenvalue weighted by atomic mass is 32.1. The minimum absolute atomic E-state index is 0.147. The Morgan fingerprint density at radius 2 is 1.93 bits per heavy atom. The zero-order chi connectivity index (χ0) is 19.9. The molecule has 1 N–H and O–H groups in total. The lowest BCUT2D eigenvalue weighted by atomic mass is 10.1. The number of aromatic nitrogens is 1. The van der Waals surface area contributed by atoms with Crippen LogP contribution in [0.4, 0.5) is 0 Å². The van der Waals surface area contributed by atoms with Crippen molar-refractivity contribution in [2.24, 2.45) is 0 Å². The van der Waals surface area contributed by atoms with Crippen LogP contribution in [0.5, 0.6) is 11.5 Å². The lowest BCUT2D eigenvalue weighted by Gasteiger charge is -2.15. The van der Waals surface area contributed by atoms with E-state index in [-0.39, 0.29) is 5.91 Å². The summed E-state index contributed by atoms with van der Waals surface area (Å²) >= 11 is 5.34. The first-order valence-corrected chi connectivity index (χ1v) is 9.67. The van der Waals surface area contributed by atoms with Gasteiger partial charge in [0.05, 0.1) is 18.9 Å². The van der Waals surface area contributed by atoms with Crippen LogP contribution in [0, 0.1) is 0 Å². The third-order valence-corrected chi connectivity index (χ3v) is 4.50. The van der Waals surface area contributed by atoms with Gasteiger partial charge in [0, 0.05) is 12.7 Å². The van der Waals surface area contributed by atoms with Gasteiger partial charge in [-0.1, -0.05) is 12.1 Å². The Morgan fingerprint density at radius 3 is 2.64 bits per heavy atom. The molecule has 0 aliphatic carbocycles. The predicted octanol–water partition coefficient (Wildman–Crippen LogP) is 3.18. The van der Waals surface area contributed by atoms with E-state index in [2.05, 4.69) is 10.3 Å². The van der Waals surface area contributed by atoms with Gasteiger partial charge < -0.3 is 14.8 Å². The number of ether oxygens (including phenoxy) is 2. The molecular formula is C21H23N3O3S. The van der Waals surface area contributed by atoms with Crippen LogP contribution in [0.3, 0.4) is 0 Å². The average molecular weight is 398 g/mol. The maximum atomic E-state index is 12.7. The van der Waals surface area contributed by atoms with E-state index < -0.39 is 0 Å². The highest BCUT2D eigenvalue weighted by Gasteiger charge is 2.30. The number of nitrogens with one attached hydrogen (secondary N) is 1. The number of hydrogen-bond donors (Lipinski definition) is 1. The lowest BCUT2D eigenvalue weighted by Crippen LogP contribution is -2.32. The second kappa shape index (κ2) is 9.32. The molecule has 1 aliphatic heterocycles. The summed E-state index contributed by atoms with van der Waals surface area (Å²) in [5.41, 5.74) is 2.19. The molecule has 1 saturated heterocycles. The molecule has 0 spiro atoms. The van der Waals surface area contributed by atoms with Crippen LogP contribution in [-0.4, -0.2) is 40.7 Å². The number of nitrogens with zero attached hydrogens (tertiary/aromatic N) is 2. The quantitative estimate of drug-likeness (QED) is 0.545. The van der Waals surface area contributed by atoms with Gasteiger partial charge in [-0.15, -0.1) is 0 Å². The SMILES string of the molecule is CCOc1ccc(CCN2C(=O)/C(=C\c3ccccn3)NC2=S)cc1OCC. The second-order valence-corrected chi connectivity index (χ2v) is 6.48. The van der Waals surface area contributed by atoms with Crippen LogP contribution < -0.4 is 14.8 Å². The maximum absolute atomic E-state index is 12.7. The van der Waals surface area contributed by atoms with E-state index >= 15 is 0 Å². The van der Waals surface area contributed by atoms with Gasteiger partial charge in [-0.05, 0) is 68.4 Å². The van der Waals surface area contributed by atoms with Crippen LogP contribution >= 0.6 is 12.2 Å². The minimum atomic E-state index is -0.147. The molecule has 1 aromatic heterocycles. The normalized spacial score (nSPS) is 15.1. The molecule has 3 rings (SSSR count). The Labute approximate surface area is 170 Å². The van der Waals surface area contributed by atoms with Gasteiger partial charge >= 0.3 is 0 Å². The first-order valence-electron chi connectivity index (χ1n) is 9.26. The summed E-state index contributed by atoms with van der Waals surface area (Å²) in [5, 5.41) is 3.39. The Balaban J connectivity index is 1.69. The highest BCUT2D eigenvalue weighted by Crippen LogP contribution is 2.29. The number of rotatable bonds is 8. The molecule has 0 atom stereocenters. The molecule has 1 aromatic carbocycles. The van der Waals surface area contributed by atoms with Crippen molar-refractivity contribution >= 4 is 29.3 Å². The molecule has 6 nitrogen and oxygen atoms in total.